The molecule has 0 saturated heterocycles. The Balaban J connectivity index is 1.71. The van der Waals surface area contributed by atoms with E-state index in [0.29, 0.717) is 13.1 Å². The van der Waals surface area contributed by atoms with Crippen molar-refractivity contribution in [2.75, 3.05) is 13.1 Å². The lowest BCUT2D eigenvalue weighted by atomic mass is 9.92. The van der Waals surface area contributed by atoms with Crippen LogP contribution in [-0.2, 0) is 17.9 Å². The Morgan fingerprint density at radius 1 is 1.50 bits per heavy atom. The molecule has 1 aliphatic heterocycles. The second kappa shape index (κ2) is 4.03. The number of amides is 1. The Labute approximate surface area is 105 Å². The van der Waals surface area contributed by atoms with E-state index < -0.39 is 11.4 Å². The molecule has 0 spiro atoms. The molecule has 1 atom stereocenters. The number of primary amides is 1. The maximum Gasteiger partial charge on any atom is 0.239 e. The Morgan fingerprint density at radius 3 is 2.94 bits per heavy atom. The van der Waals surface area contributed by atoms with Gasteiger partial charge in [0.2, 0.25) is 5.91 Å². The van der Waals surface area contributed by atoms with E-state index in [9.17, 15) is 4.79 Å². The lowest BCUT2D eigenvalue weighted by Crippen LogP contribution is -2.61. The van der Waals surface area contributed by atoms with Gasteiger partial charge in [-0.3, -0.25) is 9.69 Å². The maximum absolute atomic E-state index is 11.6. The van der Waals surface area contributed by atoms with E-state index in [2.05, 4.69) is 15.1 Å². The molecule has 2 aliphatic rings. The fraction of sp³-hybridized carbons (Fsp3) is 0.727. The smallest absolute Gasteiger partial charge is 0.239 e. The first-order valence-electron chi connectivity index (χ1n) is 6.27. The molecule has 1 fully saturated rings. The number of nitrogens with two attached hydrogens (primary N) is 2. The van der Waals surface area contributed by atoms with Crippen LogP contribution in [0.25, 0.3) is 0 Å². The summed E-state index contributed by atoms with van der Waals surface area (Å²) in [5.74, 6) is 0.774. The van der Waals surface area contributed by atoms with Gasteiger partial charge < -0.3 is 16.0 Å². The number of nitrogens with zero attached hydrogens (tertiary/aromatic N) is 4. The monoisotopic (exact) mass is 250 g/mol. The topological polar surface area (TPSA) is 103 Å². The van der Waals surface area contributed by atoms with Crippen LogP contribution in [-0.4, -0.2) is 44.2 Å². The van der Waals surface area contributed by atoms with Gasteiger partial charge in [0.05, 0.1) is 6.54 Å². The highest BCUT2D eigenvalue weighted by Crippen LogP contribution is 2.38. The Morgan fingerprint density at radius 2 is 2.28 bits per heavy atom. The highest BCUT2D eigenvalue weighted by atomic mass is 16.1. The van der Waals surface area contributed by atoms with E-state index in [1.807, 2.05) is 4.57 Å². The third-order valence-electron chi connectivity index (χ3n) is 3.97. The molecule has 3 rings (SSSR count). The molecule has 98 valence electrons. The normalized spacial score (nSPS) is 23.4. The van der Waals surface area contributed by atoms with Crippen LogP contribution in [0.5, 0.6) is 0 Å². The summed E-state index contributed by atoms with van der Waals surface area (Å²) in [5.41, 5.74) is 10.8. The van der Waals surface area contributed by atoms with E-state index in [1.165, 1.54) is 0 Å². The van der Waals surface area contributed by atoms with Crippen molar-refractivity contribution >= 4 is 5.91 Å². The predicted molar refractivity (Wildman–Crippen MR) is 64.1 cm³/mol. The van der Waals surface area contributed by atoms with Gasteiger partial charge in [0, 0.05) is 19.6 Å². The average molecular weight is 250 g/mol. The van der Waals surface area contributed by atoms with E-state index in [-0.39, 0.29) is 5.92 Å². The molecule has 1 unspecified atom stereocenters. The number of carbonyl (C=O) groups excluding carboxylic acids is 1. The van der Waals surface area contributed by atoms with Crippen LogP contribution in [0.1, 0.15) is 18.7 Å². The third-order valence-corrected chi connectivity index (χ3v) is 3.97. The second-order valence-electron chi connectivity index (χ2n) is 5.33. The second-order valence-corrected chi connectivity index (χ2v) is 5.33. The summed E-state index contributed by atoms with van der Waals surface area (Å²) in [6, 6.07) is 0. The van der Waals surface area contributed by atoms with Crippen molar-refractivity contribution < 1.29 is 4.79 Å². The molecule has 0 radical (unpaired) electrons. The van der Waals surface area contributed by atoms with Gasteiger partial charge >= 0.3 is 0 Å². The van der Waals surface area contributed by atoms with Crippen molar-refractivity contribution in [3.05, 3.63) is 12.2 Å². The maximum atomic E-state index is 11.6. The number of aromatic nitrogens is 3. The van der Waals surface area contributed by atoms with Gasteiger partial charge in [-0.2, -0.15) is 0 Å². The Bertz CT molecular complexity index is 468. The van der Waals surface area contributed by atoms with E-state index in [1.54, 1.807) is 6.33 Å². The van der Waals surface area contributed by atoms with Gasteiger partial charge in [0.25, 0.3) is 0 Å². The summed E-state index contributed by atoms with van der Waals surface area (Å²) in [6.45, 7) is 2.88. The zero-order valence-electron chi connectivity index (χ0n) is 10.2. The number of fused-ring (bicyclic) bond motifs is 1. The highest BCUT2D eigenvalue weighted by Gasteiger charge is 2.48. The molecule has 4 N–H and O–H groups in total. The van der Waals surface area contributed by atoms with Gasteiger partial charge in [0.15, 0.2) is 0 Å². The molecule has 0 bridgehead atoms. The van der Waals surface area contributed by atoms with Crippen LogP contribution >= 0.6 is 0 Å². The summed E-state index contributed by atoms with van der Waals surface area (Å²) >= 11 is 0. The fourth-order valence-corrected chi connectivity index (χ4v) is 2.63. The predicted octanol–water partition coefficient (Wildman–Crippen LogP) is -1.31. The molecule has 2 heterocycles. The van der Waals surface area contributed by atoms with E-state index in [4.69, 9.17) is 11.5 Å². The molecule has 7 nitrogen and oxygen atoms in total. The molecule has 1 amide bonds. The minimum Gasteiger partial charge on any atom is -0.368 e. The van der Waals surface area contributed by atoms with Crippen LogP contribution in [0.3, 0.4) is 0 Å². The first-order valence-corrected chi connectivity index (χ1v) is 6.27. The minimum atomic E-state index is -0.887. The average Bonchev–Trinajstić information content (AvgIpc) is 3.09. The first-order chi connectivity index (χ1) is 8.59. The Hall–Kier alpha value is -1.47. The SMILES string of the molecule is NC(=O)C(N)(CN1CCn2cnnc2C1)C1CC1. The largest absolute Gasteiger partial charge is 0.368 e. The van der Waals surface area contributed by atoms with Crippen LogP contribution in [0.4, 0.5) is 0 Å². The van der Waals surface area contributed by atoms with Gasteiger partial charge in [-0.25, -0.2) is 0 Å². The molecule has 1 aliphatic carbocycles. The molecule has 1 saturated carbocycles. The zero-order valence-corrected chi connectivity index (χ0v) is 10.2. The minimum absolute atomic E-state index is 0.245. The van der Waals surface area contributed by atoms with Crippen molar-refractivity contribution in [3.63, 3.8) is 0 Å². The first kappa shape index (κ1) is 11.6. The standard InChI is InChI=1S/C11H18N6O/c12-10(18)11(13,8-1-2-8)6-16-3-4-17-7-14-15-9(17)5-16/h7-8H,1-6,13H2,(H2,12,18). The fourth-order valence-electron chi connectivity index (χ4n) is 2.63. The van der Waals surface area contributed by atoms with Crippen LogP contribution in [0.15, 0.2) is 6.33 Å². The highest BCUT2D eigenvalue weighted by molar-refractivity contribution is 5.85. The molecule has 18 heavy (non-hydrogen) atoms. The van der Waals surface area contributed by atoms with Crippen molar-refractivity contribution in [1.29, 1.82) is 0 Å². The van der Waals surface area contributed by atoms with E-state index in [0.717, 1.165) is 31.8 Å². The molecule has 7 heteroatoms. The molecule has 1 aromatic heterocycles. The van der Waals surface area contributed by atoms with Crippen molar-refractivity contribution in [1.82, 2.24) is 19.7 Å². The summed E-state index contributed by atoms with van der Waals surface area (Å²) in [5, 5.41) is 7.94. The molecular weight excluding hydrogens is 232 g/mol. The van der Waals surface area contributed by atoms with Crippen molar-refractivity contribution in [3.8, 4) is 0 Å². The lowest BCUT2D eigenvalue weighted by molar-refractivity contribution is -0.124. The summed E-state index contributed by atoms with van der Waals surface area (Å²) in [4.78, 5) is 13.8. The number of hydrogen-bond donors (Lipinski definition) is 2. The zero-order chi connectivity index (χ0) is 12.8. The molecule has 0 aromatic carbocycles. The van der Waals surface area contributed by atoms with E-state index >= 15 is 0 Å². The Kier molecular flexibility index (Phi) is 2.60. The number of carbonyl (C=O) groups is 1. The number of hydrogen-bond acceptors (Lipinski definition) is 5. The van der Waals surface area contributed by atoms with Crippen LogP contribution in [0, 0.1) is 5.92 Å². The lowest BCUT2D eigenvalue weighted by Gasteiger charge is -2.35. The van der Waals surface area contributed by atoms with Gasteiger partial charge in [0.1, 0.15) is 17.7 Å². The van der Waals surface area contributed by atoms with Crippen molar-refractivity contribution in [2.45, 2.75) is 31.5 Å². The van der Waals surface area contributed by atoms with Crippen molar-refractivity contribution in [2.24, 2.45) is 17.4 Å². The summed E-state index contributed by atoms with van der Waals surface area (Å²) in [6.07, 6.45) is 3.74. The molecular formula is C11H18N6O. The summed E-state index contributed by atoms with van der Waals surface area (Å²) in [7, 11) is 0. The van der Waals surface area contributed by atoms with Gasteiger partial charge in [-0.15, -0.1) is 10.2 Å². The van der Waals surface area contributed by atoms with Crippen LogP contribution in [0.2, 0.25) is 0 Å². The third kappa shape index (κ3) is 1.89. The quantitative estimate of drug-likeness (QED) is 0.690. The molecule has 1 aromatic rings. The summed E-state index contributed by atoms with van der Waals surface area (Å²) < 4.78 is 2.02. The number of rotatable bonds is 4. The van der Waals surface area contributed by atoms with Gasteiger partial charge in [-0.1, -0.05) is 0 Å². The van der Waals surface area contributed by atoms with Gasteiger partial charge in [-0.05, 0) is 18.8 Å². The van der Waals surface area contributed by atoms with Crippen LogP contribution < -0.4 is 11.5 Å².